The summed E-state index contributed by atoms with van der Waals surface area (Å²) in [6, 6.07) is 11.4. The highest BCUT2D eigenvalue weighted by molar-refractivity contribution is 8.26. The SMILES string of the molecule is CCCCCCCCN1C(=O)/C(=C\c2c(Oc3ccc(CC)cc3)nc3c(C)cccn3c2=O)SC1=S. The first-order chi connectivity index (χ1) is 17.9. The zero-order valence-corrected chi connectivity index (χ0v) is 23.3. The number of thioether (sulfide) groups is 1. The van der Waals surface area contributed by atoms with Gasteiger partial charge in [-0.1, -0.05) is 88.1 Å². The topological polar surface area (TPSA) is 63.9 Å². The van der Waals surface area contributed by atoms with Crippen molar-refractivity contribution in [1.29, 1.82) is 0 Å². The maximum atomic E-state index is 13.6. The number of amides is 1. The van der Waals surface area contributed by atoms with Crippen molar-refractivity contribution in [2.75, 3.05) is 6.54 Å². The summed E-state index contributed by atoms with van der Waals surface area (Å²) in [4.78, 5) is 33.6. The average molecular weight is 536 g/mol. The molecule has 3 aromatic rings. The summed E-state index contributed by atoms with van der Waals surface area (Å²) in [7, 11) is 0. The van der Waals surface area contributed by atoms with Gasteiger partial charge in [-0.2, -0.15) is 4.98 Å². The number of carbonyl (C=O) groups excluding carboxylic acids is 1. The fourth-order valence-electron chi connectivity index (χ4n) is 4.27. The van der Waals surface area contributed by atoms with E-state index in [2.05, 4.69) is 13.8 Å². The van der Waals surface area contributed by atoms with E-state index in [1.165, 1.54) is 41.0 Å². The first-order valence-electron chi connectivity index (χ1n) is 13.0. The maximum Gasteiger partial charge on any atom is 0.269 e. The molecule has 0 aliphatic carbocycles. The molecule has 4 rings (SSSR count). The van der Waals surface area contributed by atoms with Gasteiger partial charge in [0, 0.05) is 12.7 Å². The zero-order valence-electron chi connectivity index (χ0n) is 21.7. The molecule has 0 radical (unpaired) electrons. The second-order valence-corrected chi connectivity index (χ2v) is 10.9. The van der Waals surface area contributed by atoms with E-state index in [0.29, 0.717) is 27.2 Å². The van der Waals surface area contributed by atoms with Crippen LogP contribution in [-0.2, 0) is 11.2 Å². The minimum atomic E-state index is -0.296. The number of fused-ring (bicyclic) bond motifs is 1. The van der Waals surface area contributed by atoms with Crippen LogP contribution in [0.3, 0.4) is 0 Å². The molecule has 0 bridgehead atoms. The highest BCUT2D eigenvalue weighted by Gasteiger charge is 2.32. The summed E-state index contributed by atoms with van der Waals surface area (Å²) in [5.74, 6) is 0.576. The van der Waals surface area contributed by atoms with Gasteiger partial charge in [-0.15, -0.1) is 0 Å². The lowest BCUT2D eigenvalue weighted by molar-refractivity contribution is -0.122. The number of ether oxygens (including phenoxy) is 1. The van der Waals surface area contributed by atoms with Gasteiger partial charge in [0.1, 0.15) is 21.3 Å². The number of hydrogen-bond acceptors (Lipinski definition) is 6. The third-order valence-electron chi connectivity index (χ3n) is 6.48. The Kier molecular flexibility index (Phi) is 9.16. The van der Waals surface area contributed by atoms with Crippen LogP contribution in [0.15, 0.2) is 52.3 Å². The highest BCUT2D eigenvalue weighted by atomic mass is 32.2. The molecule has 0 atom stereocenters. The molecule has 3 heterocycles. The van der Waals surface area contributed by atoms with Gasteiger partial charge in [-0.3, -0.25) is 18.9 Å². The number of benzene rings is 1. The number of aryl methyl sites for hydroxylation is 2. The largest absolute Gasteiger partial charge is 0.438 e. The van der Waals surface area contributed by atoms with Crippen LogP contribution in [0.1, 0.15) is 69.1 Å². The minimum absolute atomic E-state index is 0.171. The van der Waals surface area contributed by atoms with E-state index in [1.807, 2.05) is 37.3 Å². The number of pyridine rings is 1. The van der Waals surface area contributed by atoms with Gasteiger partial charge in [0.2, 0.25) is 5.88 Å². The summed E-state index contributed by atoms with van der Waals surface area (Å²) >= 11 is 6.74. The number of aromatic nitrogens is 2. The van der Waals surface area contributed by atoms with Gasteiger partial charge in [0.15, 0.2) is 0 Å². The van der Waals surface area contributed by atoms with E-state index in [1.54, 1.807) is 23.2 Å². The van der Waals surface area contributed by atoms with Gasteiger partial charge < -0.3 is 4.74 Å². The van der Waals surface area contributed by atoms with Crippen molar-refractivity contribution >= 4 is 45.9 Å². The van der Waals surface area contributed by atoms with Crippen LogP contribution in [0, 0.1) is 6.92 Å². The van der Waals surface area contributed by atoms with Crippen LogP contribution in [0.4, 0.5) is 0 Å². The van der Waals surface area contributed by atoms with Gasteiger partial charge in [-0.05, 0) is 55.2 Å². The van der Waals surface area contributed by atoms with Crippen molar-refractivity contribution in [3.63, 3.8) is 0 Å². The van der Waals surface area contributed by atoms with Crippen LogP contribution < -0.4 is 10.3 Å². The van der Waals surface area contributed by atoms with Crippen molar-refractivity contribution in [3.05, 3.63) is 74.5 Å². The molecule has 194 valence electrons. The number of hydrogen-bond donors (Lipinski definition) is 0. The van der Waals surface area contributed by atoms with Crippen molar-refractivity contribution in [2.45, 2.75) is 65.7 Å². The van der Waals surface area contributed by atoms with Gasteiger partial charge in [0.25, 0.3) is 11.5 Å². The summed E-state index contributed by atoms with van der Waals surface area (Å²) < 4.78 is 8.14. The zero-order chi connectivity index (χ0) is 26.4. The molecule has 0 saturated carbocycles. The summed E-state index contributed by atoms with van der Waals surface area (Å²) in [5.41, 5.74) is 2.48. The predicted molar refractivity (Wildman–Crippen MR) is 155 cm³/mol. The Balaban J connectivity index is 1.65. The molecule has 0 spiro atoms. The molecule has 1 aliphatic rings. The Morgan fingerprint density at radius 1 is 1.03 bits per heavy atom. The molecule has 6 nitrogen and oxygen atoms in total. The lowest BCUT2D eigenvalue weighted by Gasteiger charge is -2.14. The van der Waals surface area contributed by atoms with E-state index in [-0.39, 0.29) is 22.9 Å². The molecule has 0 unspecified atom stereocenters. The number of rotatable bonds is 11. The Morgan fingerprint density at radius 2 is 1.76 bits per heavy atom. The molecular weight excluding hydrogens is 502 g/mol. The number of unbranched alkanes of at least 4 members (excludes halogenated alkanes) is 5. The van der Waals surface area contributed by atoms with Crippen molar-refractivity contribution in [1.82, 2.24) is 14.3 Å². The van der Waals surface area contributed by atoms with Crippen LogP contribution >= 0.6 is 24.0 Å². The predicted octanol–water partition coefficient (Wildman–Crippen LogP) is 6.92. The highest BCUT2D eigenvalue weighted by Crippen LogP contribution is 2.34. The molecule has 37 heavy (non-hydrogen) atoms. The van der Waals surface area contributed by atoms with Crippen LogP contribution in [0.5, 0.6) is 11.6 Å². The quantitative estimate of drug-likeness (QED) is 0.151. The molecule has 1 aliphatic heterocycles. The molecule has 8 heteroatoms. The smallest absolute Gasteiger partial charge is 0.269 e. The second-order valence-electron chi connectivity index (χ2n) is 9.22. The first-order valence-corrected chi connectivity index (χ1v) is 14.2. The fraction of sp³-hybridized carbons (Fsp3) is 0.379. The van der Waals surface area contributed by atoms with Crippen molar-refractivity contribution < 1.29 is 9.53 Å². The van der Waals surface area contributed by atoms with Gasteiger partial charge in [-0.25, -0.2) is 0 Å². The summed E-state index contributed by atoms with van der Waals surface area (Å²) in [6.45, 7) is 6.78. The molecule has 1 saturated heterocycles. The molecular formula is C29H33N3O3S2. The van der Waals surface area contributed by atoms with Crippen molar-refractivity contribution in [2.24, 2.45) is 0 Å². The van der Waals surface area contributed by atoms with E-state index < -0.39 is 0 Å². The summed E-state index contributed by atoms with van der Waals surface area (Å²) in [6.07, 6.45) is 11.0. The van der Waals surface area contributed by atoms with Crippen molar-refractivity contribution in [3.8, 4) is 11.6 Å². The van der Waals surface area contributed by atoms with E-state index in [0.717, 1.165) is 31.2 Å². The normalized spacial score (nSPS) is 14.8. The first kappa shape index (κ1) is 27.1. The minimum Gasteiger partial charge on any atom is -0.438 e. The van der Waals surface area contributed by atoms with Crippen LogP contribution in [-0.4, -0.2) is 31.1 Å². The number of nitrogens with zero attached hydrogens (tertiary/aromatic N) is 3. The molecule has 1 amide bonds. The second kappa shape index (κ2) is 12.5. The third kappa shape index (κ3) is 6.30. The van der Waals surface area contributed by atoms with E-state index >= 15 is 0 Å². The van der Waals surface area contributed by atoms with Crippen LogP contribution in [0.25, 0.3) is 11.7 Å². The Bertz CT molecular complexity index is 1380. The molecule has 2 aromatic heterocycles. The standard InChI is InChI=1S/C29H33N3O3S2/c1-4-6-7-8-9-10-17-32-28(34)24(37-29(32)36)19-23-26(35-22-15-13-21(5-2)14-16-22)30-25-20(3)12-11-18-31(25)27(23)33/h11-16,18-19H,4-10,17H2,1-3H3/b24-19+. The lowest BCUT2D eigenvalue weighted by atomic mass is 10.1. The van der Waals surface area contributed by atoms with E-state index in [9.17, 15) is 9.59 Å². The average Bonchev–Trinajstić information content (AvgIpc) is 3.16. The van der Waals surface area contributed by atoms with Gasteiger partial charge in [0.05, 0.1) is 4.91 Å². The van der Waals surface area contributed by atoms with E-state index in [4.69, 9.17) is 21.9 Å². The number of carbonyl (C=O) groups is 1. The Morgan fingerprint density at radius 3 is 2.49 bits per heavy atom. The van der Waals surface area contributed by atoms with Gasteiger partial charge >= 0.3 is 0 Å². The Hall–Kier alpha value is -2.97. The third-order valence-corrected chi connectivity index (χ3v) is 7.86. The molecule has 1 fully saturated rings. The number of thiocarbonyl (C=S) groups is 1. The summed E-state index contributed by atoms with van der Waals surface area (Å²) in [5, 5.41) is 0. The van der Waals surface area contributed by atoms with Crippen LogP contribution in [0.2, 0.25) is 0 Å². The maximum absolute atomic E-state index is 13.6. The molecule has 1 aromatic carbocycles. The lowest BCUT2D eigenvalue weighted by Crippen LogP contribution is -2.29. The molecule has 0 N–H and O–H groups in total. The Labute approximate surface area is 227 Å². The monoisotopic (exact) mass is 535 g/mol. The fourth-order valence-corrected chi connectivity index (χ4v) is 5.56.